The molecule has 0 amide bonds. The minimum absolute atomic E-state index is 0.367. The van der Waals surface area contributed by atoms with Gasteiger partial charge in [-0.05, 0) is 18.2 Å². The van der Waals surface area contributed by atoms with Crippen LogP contribution in [0.4, 0.5) is 0 Å². The Kier molecular flexibility index (Phi) is 5.14. The Morgan fingerprint density at radius 2 is 1.62 bits per heavy atom. The average molecular weight is 344 g/mol. The molecule has 10 heteroatoms. The Bertz CT molecular complexity index is 619. The van der Waals surface area contributed by atoms with E-state index in [0.717, 1.165) is 18.2 Å². The maximum Gasteiger partial charge on any atom is 0.340 e. The van der Waals surface area contributed by atoms with Gasteiger partial charge in [0.25, 0.3) is 0 Å². The number of aliphatic hydroxyl groups excluding tert-OH is 4. The van der Waals surface area contributed by atoms with Gasteiger partial charge in [-0.2, -0.15) is 0 Å². The minimum Gasteiger partial charge on any atom is -0.516 e. The number of benzene rings is 1. The molecule has 7 N–H and O–H groups in total. The molecule has 1 saturated heterocycles. The number of aliphatic hydroxyl groups is 4. The van der Waals surface area contributed by atoms with Crippen LogP contribution < -0.4 is 0 Å². The van der Waals surface area contributed by atoms with Gasteiger partial charge in [0, 0.05) is 0 Å². The second kappa shape index (κ2) is 6.93. The van der Waals surface area contributed by atoms with Gasteiger partial charge in [0.2, 0.25) is 6.29 Å². The molecule has 1 aromatic carbocycles. The van der Waals surface area contributed by atoms with Gasteiger partial charge in [0.1, 0.15) is 24.4 Å². The van der Waals surface area contributed by atoms with Gasteiger partial charge >= 0.3 is 5.97 Å². The SMILES string of the molecule is O=C(O[C@@H]1O[C@H](/C=C/O)[C@@H](O)[C@H](O)[C@H]1O)c1cc(O)c(O)c(O)c1. The number of hydrogen-bond donors (Lipinski definition) is 7. The van der Waals surface area contributed by atoms with E-state index in [0.29, 0.717) is 6.26 Å². The maximum atomic E-state index is 12.0. The van der Waals surface area contributed by atoms with Crippen LogP contribution in [0, 0.1) is 0 Å². The van der Waals surface area contributed by atoms with Crippen molar-refractivity contribution in [3.8, 4) is 17.2 Å². The summed E-state index contributed by atoms with van der Waals surface area (Å²) in [6, 6.07) is 1.62. The van der Waals surface area contributed by atoms with Gasteiger partial charge < -0.3 is 45.2 Å². The fourth-order valence-corrected chi connectivity index (χ4v) is 2.11. The molecule has 10 nitrogen and oxygen atoms in total. The summed E-state index contributed by atoms with van der Waals surface area (Å²) < 4.78 is 9.91. The topological polar surface area (TPSA) is 177 Å². The zero-order chi connectivity index (χ0) is 18.0. The number of phenolic OH excluding ortho intramolecular Hbond substituents is 3. The van der Waals surface area contributed by atoms with Gasteiger partial charge in [-0.1, -0.05) is 0 Å². The first-order chi connectivity index (χ1) is 11.3. The van der Waals surface area contributed by atoms with E-state index in [1.165, 1.54) is 0 Å². The predicted molar refractivity (Wildman–Crippen MR) is 75.3 cm³/mol. The summed E-state index contributed by atoms with van der Waals surface area (Å²) in [4.78, 5) is 12.0. The molecule has 24 heavy (non-hydrogen) atoms. The van der Waals surface area contributed by atoms with Crippen LogP contribution in [0.5, 0.6) is 17.2 Å². The smallest absolute Gasteiger partial charge is 0.340 e. The third-order valence-corrected chi connectivity index (χ3v) is 3.41. The van der Waals surface area contributed by atoms with Crippen LogP contribution in [-0.2, 0) is 9.47 Å². The number of aromatic hydroxyl groups is 3. The van der Waals surface area contributed by atoms with Crippen LogP contribution in [0.3, 0.4) is 0 Å². The molecular weight excluding hydrogens is 328 g/mol. The van der Waals surface area contributed by atoms with Crippen molar-refractivity contribution in [2.24, 2.45) is 0 Å². The zero-order valence-corrected chi connectivity index (χ0v) is 12.1. The van der Waals surface area contributed by atoms with Crippen molar-refractivity contribution in [3.05, 3.63) is 30.0 Å². The lowest BCUT2D eigenvalue weighted by Crippen LogP contribution is -2.58. The molecule has 0 saturated carbocycles. The van der Waals surface area contributed by atoms with E-state index in [-0.39, 0.29) is 5.56 Å². The normalized spacial score (nSPS) is 30.4. The van der Waals surface area contributed by atoms with Gasteiger partial charge in [0.15, 0.2) is 17.2 Å². The fraction of sp³-hybridized carbons (Fsp3) is 0.357. The molecular formula is C14H16O10. The average Bonchev–Trinajstić information content (AvgIpc) is 2.54. The molecule has 1 fully saturated rings. The van der Waals surface area contributed by atoms with Crippen LogP contribution in [0.15, 0.2) is 24.5 Å². The summed E-state index contributed by atoms with van der Waals surface area (Å²) in [7, 11) is 0. The van der Waals surface area contributed by atoms with Crippen LogP contribution >= 0.6 is 0 Å². The molecule has 1 aliphatic rings. The molecule has 0 aromatic heterocycles. The second-order valence-electron chi connectivity index (χ2n) is 5.05. The summed E-state index contributed by atoms with van der Waals surface area (Å²) >= 11 is 0. The largest absolute Gasteiger partial charge is 0.516 e. The molecule has 1 heterocycles. The van der Waals surface area contributed by atoms with Crippen molar-refractivity contribution < 1.29 is 50.0 Å². The predicted octanol–water partition coefficient (Wildman–Crippen LogP) is -1.16. The number of hydrogen-bond acceptors (Lipinski definition) is 10. The molecule has 0 bridgehead atoms. The third kappa shape index (κ3) is 3.36. The molecule has 0 spiro atoms. The minimum atomic E-state index is -1.79. The Hall–Kier alpha value is -2.53. The van der Waals surface area contributed by atoms with E-state index in [4.69, 9.17) is 14.6 Å². The lowest BCUT2D eigenvalue weighted by Gasteiger charge is -2.38. The highest BCUT2D eigenvalue weighted by Crippen LogP contribution is 2.35. The highest BCUT2D eigenvalue weighted by Gasteiger charge is 2.44. The molecule has 2 rings (SSSR count). The van der Waals surface area contributed by atoms with Crippen molar-refractivity contribution in [2.75, 3.05) is 0 Å². The number of carbonyl (C=O) groups excluding carboxylic acids is 1. The molecule has 1 aliphatic heterocycles. The van der Waals surface area contributed by atoms with E-state index >= 15 is 0 Å². The number of esters is 1. The molecule has 5 atom stereocenters. The Balaban J connectivity index is 2.18. The van der Waals surface area contributed by atoms with Crippen LogP contribution in [0.2, 0.25) is 0 Å². The fourth-order valence-electron chi connectivity index (χ4n) is 2.11. The number of carbonyl (C=O) groups is 1. The molecule has 1 aromatic rings. The standard InChI is InChI=1S/C14H16O10/c15-2-1-8-10(19)11(20)12(21)14(23-8)24-13(22)5-3-6(16)9(18)7(17)4-5/h1-4,8,10-12,14-21H/b2-1+/t8-,10-,11+,12-,14+/m1/s1. The Morgan fingerprint density at radius 3 is 2.17 bits per heavy atom. The zero-order valence-electron chi connectivity index (χ0n) is 12.1. The van der Waals surface area contributed by atoms with Gasteiger partial charge in [0.05, 0.1) is 11.8 Å². The quantitative estimate of drug-likeness (QED) is 0.201. The van der Waals surface area contributed by atoms with Crippen molar-refractivity contribution in [1.82, 2.24) is 0 Å². The molecule has 0 aliphatic carbocycles. The molecule has 0 radical (unpaired) electrons. The van der Waals surface area contributed by atoms with E-state index in [2.05, 4.69) is 0 Å². The summed E-state index contributed by atoms with van der Waals surface area (Å²) in [5, 5.41) is 65.9. The monoisotopic (exact) mass is 344 g/mol. The molecule has 0 unspecified atom stereocenters. The Labute approximate surface area is 135 Å². The van der Waals surface area contributed by atoms with Crippen LogP contribution in [-0.4, -0.2) is 72.4 Å². The van der Waals surface area contributed by atoms with Crippen LogP contribution in [0.25, 0.3) is 0 Å². The summed E-state index contributed by atoms with van der Waals surface area (Å²) in [6.45, 7) is 0. The van der Waals surface area contributed by atoms with Crippen molar-refractivity contribution in [3.63, 3.8) is 0 Å². The first-order valence-corrected chi connectivity index (χ1v) is 6.72. The number of ether oxygens (including phenoxy) is 2. The van der Waals surface area contributed by atoms with Crippen molar-refractivity contribution in [2.45, 2.75) is 30.7 Å². The van der Waals surface area contributed by atoms with Crippen molar-refractivity contribution in [1.29, 1.82) is 0 Å². The lowest BCUT2D eigenvalue weighted by atomic mass is 9.99. The summed E-state index contributed by atoms with van der Waals surface area (Å²) in [5.41, 5.74) is -0.367. The first kappa shape index (κ1) is 17.8. The van der Waals surface area contributed by atoms with Gasteiger partial charge in [-0.3, -0.25) is 0 Å². The summed E-state index contributed by atoms with van der Waals surface area (Å²) in [5.74, 6) is -3.53. The highest BCUT2D eigenvalue weighted by molar-refractivity contribution is 5.91. The Morgan fingerprint density at radius 1 is 1.04 bits per heavy atom. The first-order valence-electron chi connectivity index (χ1n) is 6.72. The van der Waals surface area contributed by atoms with E-state index in [1.54, 1.807) is 0 Å². The van der Waals surface area contributed by atoms with Gasteiger partial charge in [-0.25, -0.2) is 4.79 Å². The van der Waals surface area contributed by atoms with E-state index in [9.17, 15) is 35.4 Å². The second-order valence-corrected chi connectivity index (χ2v) is 5.05. The maximum absolute atomic E-state index is 12.0. The highest BCUT2D eigenvalue weighted by atomic mass is 16.7. The van der Waals surface area contributed by atoms with Crippen molar-refractivity contribution >= 4 is 5.97 Å². The molecule has 132 valence electrons. The van der Waals surface area contributed by atoms with Gasteiger partial charge in [-0.15, -0.1) is 0 Å². The number of rotatable bonds is 3. The van der Waals surface area contributed by atoms with Crippen LogP contribution in [0.1, 0.15) is 10.4 Å². The lowest BCUT2D eigenvalue weighted by molar-refractivity contribution is -0.270. The third-order valence-electron chi connectivity index (χ3n) is 3.41. The van der Waals surface area contributed by atoms with E-state index < -0.39 is 53.9 Å². The number of phenols is 3. The van der Waals surface area contributed by atoms with E-state index in [1.807, 2.05) is 0 Å². The summed E-state index contributed by atoms with van der Waals surface area (Å²) in [6.07, 6.45) is -6.51.